The van der Waals surface area contributed by atoms with Crippen molar-refractivity contribution in [3.63, 3.8) is 0 Å². The first-order valence-electron chi connectivity index (χ1n) is 9.63. The number of esters is 1. The largest absolute Gasteiger partial charge is 0.462 e. The molecule has 1 aliphatic rings. The fraction of sp³-hybridized carbons (Fsp3) is 0.429. The number of carbonyl (C=O) groups excluding carboxylic acids is 1. The Kier molecular flexibility index (Phi) is 6.80. The smallest absolute Gasteiger partial charge is 0.338 e. The fourth-order valence-electron chi connectivity index (χ4n) is 3.21. The van der Waals surface area contributed by atoms with E-state index in [0.29, 0.717) is 37.6 Å². The second kappa shape index (κ2) is 9.30. The first-order valence-corrected chi connectivity index (χ1v) is 11.1. The van der Waals surface area contributed by atoms with Crippen LogP contribution in [0.3, 0.4) is 0 Å². The molecule has 0 unspecified atom stereocenters. The van der Waals surface area contributed by atoms with E-state index >= 15 is 0 Å². The predicted octanol–water partition coefficient (Wildman–Crippen LogP) is 3.29. The van der Waals surface area contributed by atoms with Crippen molar-refractivity contribution in [1.82, 2.24) is 9.29 Å². The number of aromatic nitrogens is 1. The summed E-state index contributed by atoms with van der Waals surface area (Å²) in [5.74, 6) is 0.115. The molecule has 7 heteroatoms. The van der Waals surface area contributed by atoms with Gasteiger partial charge in [-0.1, -0.05) is 13.0 Å². The Bertz CT molecular complexity index is 874. The average Bonchev–Trinajstić information content (AvgIpc) is 2.72. The quantitative estimate of drug-likeness (QED) is 0.525. The minimum absolute atomic E-state index is 0.218. The number of sulfonamides is 1. The number of hydrogen-bond donors (Lipinski definition) is 0. The van der Waals surface area contributed by atoms with Crippen molar-refractivity contribution in [3.8, 4) is 0 Å². The lowest BCUT2D eigenvalue weighted by molar-refractivity contribution is 0.0500. The van der Waals surface area contributed by atoms with Gasteiger partial charge in [0.25, 0.3) is 0 Å². The van der Waals surface area contributed by atoms with Gasteiger partial charge >= 0.3 is 5.97 Å². The van der Waals surface area contributed by atoms with Crippen molar-refractivity contribution in [2.45, 2.75) is 37.5 Å². The Morgan fingerprint density at radius 2 is 1.89 bits per heavy atom. The summed E-state index contributed by atoms with van der Waals surface area (Å²) in [6.45, 7) is 3.54. The third-order valence-electron chi connectivity index (χ3n) is 5.04. The third kappa shape index (κ3) is 5.17. The van der Waals surface area contributed by atoms with Gasteiger partial charge < -0.3 is 4.74 Å². The van der Waals surface area contributed by atoms with Crippen LogP contribution in [0.15, 0.2) is 53.7 Å². The highest BCUT2D eigenvalue weighted by Crippen LogP contribution is 2.23. The summed E-state index contributed by atoms with van der Waals surface area (Å²) < 4.78 is 32.3. The zero-order valence-corrected chi connectivity index (χ0v) is 16.9. The second-order valence-corrected chi connectivity index (χ2v) is 9.15. The maximum atomic E-state index is 12.7. The Labute approximate surface area is 166 Å². The molecule has 0 spiro atoms. The normalized spacial score (nSPS) is 16.0. The summed E-state index contributed by atoms with van der Waals surface area (Å²) in [5, 5.41) is 0. The highest BCUT2D eigenvalue weighted by atomic mass is 32.2. The number of benzene rings is 1. The van der Waals surface area contributed by atoms with Crippen molar-refractivity contribution in [2.24, 2.45) is 5.92 Å². The molecule has 0 aliphatic carbocycles. The van der Waals surface area contributed by atoms with Crippen LogP contribution in [-0.4, -0.2) is 43.4 Å². The highest BCUT2D eigenvalue weighted by molar-refractivity contribution is 7.89. The molecule has 0 amide bonds. The van der Waals surface area contributed by atoms with Crippen LogP contribution in [0.2, 0.25) is 0 Å². The molecule has 1 aliphatic heterocycles. The molecular formula is C21H26N2O4S. The standard InChI is InChI=1S/C21H26N2O4S/c1-17-10-13-23(14-11-17)28(25,26)20-8-6-19(7-9-20)21(24)27-15-3-5-18-4-2-12-22-16-18/h2,4,6-9,12,16-17H,3,5,10-11,13-15H2,1H3. The number of nitrogens with zero attached hydrogens (tertiary/aromatic N) is 2. The van der Waals surface area contributed by atoms with Gasteiger partial charge in [-0.25, -0.2) is 13.2 Å². The SMILES string of the molecule is CC1CCN(S(=O)(=O)c2ccc(C(=O)OCCCc3cccnc3)cc2)CC1. The molecule has 6 nitrogen and oxygen atoms in total. The van der Waals surface area contributed by atoms with Gasteiger partial charge in [-0.3, -0.25) is 4.98 Å². The predicted molar refractivity (Wildman–Crippen MR) is 106 cm³/mol. The van der Waals surface area contributed by atoms with Gasteiger partial charge in [-0.05, 0) is 67.5 Å². The molecule has 28 heavy (non-hydrogen) atoms. The van der Waals surface area contributed by atoms with Gasteiger partial charge in [-0.15, -0.1) is 0 Å². The van der Waals surface area contributed by atoms with Crippen LogP contribution in [-0.2, 0) is 21.2 Å². The molecule has 1 aromatic carbocycles. The first kappa shape index (κ1) is 20.5. The van der Waals surface area contributed by atoms with E-state index in [2.05, 4.69) is 11.9 Å². The first-order chi connectivity index (χ1) is 13.5. The summed E-state index contributed by atoms with van der Waals surface area (Å²) >= 11 is 0. The number of aryl methyl sites for hydroxylation is 1. The lowest BCUT2D eigenvalue weighted by Crippen LogP contribution is -2.37. The number of rotatable bonds is 7. The Hall–Kier alpha value is -2.25. The molecule has 150 valence electrons. The van der Waals surface area contributed by atoms with Crippen LogP contribution in [0.4, 0.5) is 0 Å². The molecule has 1 fully saturated rings. The van der Waals surface area contributed by atoms with Crippen LogP contribution < -0.4 is 0 Å². The van der Waals surface area contributed by atoms with E-state index in [0.717, 1.165) is 24.8 Å². The van der Waals surface area contributed by atoms with Gasteiger partial charge in [0.1, 0.15) is 0 Å². The van der Waals surface area contributed by atoms with Gasteiger partial charge in [0.05, 0.1) is 17.1 Å². The maximum Gasteiger partial charge on any atom is 0.338 e. The van der Waals surface area contributed by atoms with Gasteiger partial charge in [0, 0.05) is 25.5 Å². The monoisotopic (exact) mass is 402 g/mol. The summed E-state index contributed by atoms with van der Waals surface area (Å²) in [6, 6.07) is 9.86. The van der Waals surface area contributed by atoms with Crippen LogP contribution in [0.5, 0.6) is 0 Å². The fourth-order valence-corrected chi connectivity index (χ4v) is 4.68. The third-order valence-corrected chi connectivity index (χ3v) is 6.95. The lowest BCUT2D eigenvalue weighted by Gasteiger charge is -2.29. The van der Waals surface area contributed by atoms with Gasteiger partial charge in [0.2, 0.25) is 10.0 Å². The highest BCUT2D eigenvalue weighted by Gasteiger charge is 2.28. The Balaban J connectivity index is 1.52. The zero-order chi connectivity index (χ0) is 20.0. The zero-order valence-electron chi connectivity index (χ0n) is 16.1. The Morgan fingerprint density at radius 1 is 1.18 bits per heavy atom. The lowest BCUT2D eigenvalue weighted by atomic mass is 10.0. The summed E-state index contributed by atoms with van der Waals surface area (Å²) in [4.78, 5) is 16.4. The van der Waals surface area contributed by atoms with Crippen molar-refractivity contribution < 1.29 is 17.9 Å². The van der Waals surface area contributed by atoms with E-state index in [4.69, 9.17) is 4.74 Å². The summed E-state index contributed by atoms with van der Waals surface area (Å²) in [7, 11) is -3.50. The van der Waals surface area contributed by atoms with Crippen molar-refractivity contribution in [3.05, 3.63) is 59.9 Å². The summed E-state index contributed by atoms with van der Waals surface area (Å²) in [5.41, 5.74) is 1.45. The molecular weight excluding hydrogens is 376 g/mol. The number of piperidine rings is 1. The van der Waals surface area contributed by atoms with E-state index in [9.17, 15) is 13.2 Å². The average molecular weight is 403 g/mol. The van der Waals surface area contributed by atoms with Crippen molar-refractivity contribution >= 4 is 16.0 Å². The molecule has 0 saturated carbocycles. The molecule has 0 N–H and O–H groups in total. The minimum Gasteiger partial charge on any atom is -0.462 e. The van der Waals surface area contributed by atoms with E-state index in [1.807, 2.05) is 12.1 Å². The van der Waals surface area contributed by atoms with Crippen LogP contribution in [0.1, 0.15) is 42.1 Å². The molecule has 1 aromatic heterocycles. The minimum atomic E-state index is -3.50. The van der Waals surface area contributed by atoms with Crippen LogP contribution in [0, 0.1) is 5.92 Å². The molecule has 2 aromatic rings. The molecule has 0 bridgehead atoms. The second-order valence-electron chi connectivity index (χ2n) is 7.21. The molecule has 0 radical (unpaired) electrons. The number of pyridine rings is 1. The summed E-state index contributed by atoms with van der Waals surface area (Å²) in [6.07, 6.45) is 6.76. The molecule has 3 rings (SSSR count). The number of carbonyl (C=O) groups is 1. The maximum absolute atomic E-state index is 12.7. The number of hydrogen-bond acceptors (Lipinski definition) is 5. The van der Waals surface area contributed by atoms with Gasteiger partial charge in [-0.2, -0.15) is 4.31 Å². The van der Waals surface area contributed by atoms with E-state index in [-0.39, 0.29) is 4.90 Å². The van der Waals surface area contributed by atoms with Crippen LogP contribution in [0.25, 0.3) is 0 Å². The van der Waals surface area contributed by atoms with Crippen molar-refractivity contribution in [1.29, 1.82) is 0 Å². The van der Waals surface area contributed by atoms with E-state index in [1.165, 1.54) is 28.6 Å². The molecule has 2 heterocycles. The van der Waals surface area contributed by atoms with E-state index < -0.39 is 16.0 Å². The molecule has 0 atom stereocenters. The van der Waals surface area contributed by atoms with Crippen molar-refractivity contribution in [2.75, 3.05) is 19.7 Å². The molecule has 1 saturated heterocycles. The number of ether oxygens (including phenoxy) is 1. The Morgan fingerprint density at radius 3 is 2.54 bits per heavy atom. The van der Waals surface area contributed by atoms with Crippen LogP contribution >= 0.6 is 0 Å². The topological polar surface area (TPSA) is 76.6 Å². The van der Waals surface area contributed by atoms with E-state index in [1.54, 1.807) is 12.4 Å². The van der Waals surface area contributed by atoms with Gasteiger partial charge in [0.15, 0.2) is 0 Å².